The third-order valence-corrected chi connectivity index (χ3v) is 7.83. The molecular weight excluding hydrogens is 587 g/mol. The summed E-state index contributed by atoms with van der Waals surface area (Å²) in [6.07, 6.45) is 0.216. The monoisotopic (exact) mass is 614 g/mol. The molecule has 220 valence electrons. The Labute approximate surface area is 247 Å². The number of amides is 4. The fourth-order valence-electron chi connectivity index (χ4n) is 4.50. The maximum absolute atomic E-state index is 13.5. The van der Waals surface area contributed by atoms with Crippen molar-refractivity contribution in [2.75, 3.05) is 38.1 Å². The summed E-state index contributed by atoms with van der Waals surface area (Å²) < 4.78 is 35.8. The number of likely N-dealkylation sites (N-methyl/N-ethyl adjacent to an activating group) is 1. The molecule has 3 aromatic carbocycles. The molecule has 1 N–H and O–H groups in total. The highest BCUT2D eigenvalue weighted by atomic mass is 35.5. The fourth-order valence-corrected chi connectivity index (χ4v) is 5.14. The Hall–Kier alpha value is -4.29. The van der Waals surface area contributed by atoms with E-state index in [1.807, 2.05) is 30.3 Å². The van der Waals surface area contributed by atoms with Gasteiger partial charge in [-0.3, -0.25) is 19.2 Å². The lowest BCUT2D eigenvalue weighted by Crippen LogP contribution is -2.56. The number of nitrogens with zero attached hydrogens (tertiary/aromatic N) is 3. The van der Waals surface area contributed by atoms with Gasteiger partial charge in [-0.25, -0.2) is 0 Å². The summed E-state index contributed by atoms with van der Waals surface area (Å²) >= 11 is 5.97. The lowest BCUT2D eigenvalue weighted by molar-refractivity contribution is -0.139. The minimum absolute atomic E-state index is 0.0288. The Morgan fingerprint density at radius 3 is 2.33 bits per heavy atom. The van der Waals surface area contributed by atoms with E-state index in [1.165, 1.54) is 26.8 Å². The quantitative estimate of drug-likeness (QED) is 0.370. The number of nitrogens with one attached hydrogen (secondary N) is 1. The van der Waals surface area contributed by atoms with Gasteiger partial charge in [0.25, 0.3) is 5.91 Å². The highest BCUT2D eigenvalue weighted by molar-refractivity contribution is 7.86. The van der Waals surface area contributed by atoms with Gasteiger partial charge >= 0.3 is 10.2 Å². The number of piperazine rings is 1. The van der Waals surface area contributed by atoms with Gasteiger partial charge in [-0.1, -0.05) is 48.0 Å². The molecule has 4 amide bonds. The molecule has 0 aliphatic carbocycles. The molecule has 1 fully saturated rings. The van der Waals surface area contributed by atoms with Crippen LogP contribution in [-0.4, -0.2) is 81.1 Å². The Morgan fingerprint density at radius 2 is 1.69 bits per heavy atom. The molecular formula is C29H28ClFN4O6S. The van der Waals surface area contributed by atoms with E-state index in [0.29, 0.717) is 10.7 Å². The summed E-state index contributed by atoms with van der Waals surface area (Å²) in [4.78, 5) is 55.5. The molecule has 0 aromatic heterocycles. The van der Waals surface area contributed by atoms with Gasteiger partial charge in [0.15, 0.2) is 0 Å². The molecule has 0 bridgehead atoms. The first-order chi connectivity index (χ1) is 19.9. The summed E-state index contributed by atoms with van der Waals surface area (Å²) in [5.74, 6) is -2.07. The SMILES string of the molecule is CN(C(=O)C(Cc1ccccc1)NC(=O)CN1CCN(C(=O)c2cccc(S(=O)(=O)F)c2)CC1=O)c1ccc(Cl)cc1. The number of hydrogen-bond donors (Lipinski definition) is 1. The van der Waals surface area contributed by atoms with Gasteiger partial charge in [0, 0.05) is 42.8 Å². The van der Waals surface area contributed by atoms with E-state index >= 15 is 0 Å². The van der Waals surface area contributed by atoms with Crippen molar-refractivity contribution >= 4 is 51.1 Å². The zero-order chi connectivity index (χ0) is 30.4. The number of rotatable bonds is 9. The first kappa shape index (κ1) is 30.7. The molecule has 1 aliphatic rings. The van der Waals surface area contributed by atoms with E-state index in [9.17, 15) is 31.5 Å². The Morgan fingerprint density at radius 1 is 1.00 bits per heavy atom. The average molecular weight is 615 g/mol. The number of carbonyl (C=O) groups excluding carboxylic acids is 4. The molecule has 10 nitrogen and oxygen atoms in total. The summed E-state index contributed by atoms with van der Waals surface area (Å²) in [5, 5.41) is 3.27. The zero-order valence-electron chi connectivity index (χ0n) is 22.6. The van der Waals surface area contributed by atoms with Crippen LogP contribution >= 0.6 is 11.6 Å². The molecule has 1 heterocycles. The first-order valence-corrected chi connectivity index (χ1v) is 14.7. The van der Waals surface area contributed by atoms with Crippen molar-refractivity contribution in [3.05, 3.63) is 95.0 Å². The second-order valence-corrected chi connectivity index (χ2v) is 11.5. The third kappa shape index (κ3) is 7.71. The van der Waals surface area contributed by atoms with Crippen LogP contribution in [0.5, 0.6) is 0 Å². The molecule has 0 radical (unpaired) electrons. The number of hydrogen-bond acceptors (Lipinski definition) is 6. The molecule has 1 saturated heterocycles. The summed E-state index contributed by atoms with van der Waals surface area (Å²) in [7, 11) is -3.41. The van der Waals surface area contributed by atoms with Crippen LogP contribution in [0, 0.1) is 0 Å². The van der Waals surface area contributed by atoms with Crippen LogP contribution in [0.1, 0.15) is 15.9 Å². The predicted octanol–water partition coefficient (Wildman–Crippen LogP) is 2.67. The van der Waals surface area contributed by atoms with E-state index in [2.05, 4.69) is 5.32 Å². The van der Waals surface area contributed by atoms with Crippen molar-refractivity contribution in [2.24, 2.45) is 0 Å². The van der Waals surface area contributed by atoms with Crippen molar-refractivity contribution in [1.29, 1.82) is 0 Å². The summed E-state index contributed by atoms with van der Waals surface area (Å²) in [5.41, 5.74) is 1.33. The predicted molar refractivity (Wildman–Crippen MR) is 154 cm³/mol. The number of benzene rings is 3. The highest BCUT2D eigenvalue weighted by Crippen LogP contribution is 2.19. The van der Waals surface area contributed by atoms with Crippen LogP contribution < -0.4 is 10.2 Å². The summed E-state index contributed by atoms with van der Waals surface area (Å²) in [6.45, 7) is -0.596. The molecule has 42 heavy (non-hydrogen) atoms. The maximum atomic E-state index is 13.5. The minimum Gasteiger partial charge on any atom is -0.342 e. The van der Waals surface area contributed by atoms with E-state index < -0.39 is 38.9 Å². The number of carbonyl (C=O) groups is 4. The molecule has 4 rings (SSSR count). The largest absolute Gasteiger partial charge is 0.342 e. The van der Waals surface area contributed by atoms with Crippen molar-refractivity contribution in [1.82, 2.24) is 15.1 Å². The molecule has 1 unspecified atom stereocenters. The fraction of sp³-hybridized carbons (Fsp3) is 0.241. The van der Waals surface area contributed by atoms with Crippen LogP contribution in [0.2, 0.25) is 5.02 Å². The zero-order valence-corrected chi connectivity index (χ0v) is 24.1. The highest BCUT2D eigenvalue weighted by Gasteiger charge is 2.31. The third-order valence-electron chi connectivity index (χ3n) is 6.76. The lowest BCUT2D eigenvalue weighted by atomic mass is 10.0. The molecule has 0 saturated carbocycles. The van der Waals surface area contributed by atoms with Crippen LogP contribution in [-0.2, 0) is 31.0 Å². The Balaban J connectivity index is 1.41. The van der Waals surface area contributed by atoms with Gasteiger partial charge in [0.2, 0.25) is 17.7 Å². The standard InChI is InChI=1S/C29H28ClFN4O6S/c1-33(23-12-10-22(30)11-13-23)29(39)25(16-20-6-3-2-4-7-20)32-26(36)18-34-14-15-35(19-27(34)37)28(38)21-8-5-9-24(17-21)42(31,40)41/h2-13,17,25H,14-16,18-19H2,1H3,(H,32,36). The summed E-state index contributed by atoms with van der Waals surface area (Å²) in [6, 6.07) is 19.4. The van der Waals surface area contributed by atoms with E-state index in [-0.39, 0.29) is 44.1 Å². The van der Waals surface area contributed by atoms with Gasteiger partial charge in [-0.2, -0.15) is 8.42 Å². The molecule has 1 atom stereocenters. The second-order valence-electron chi connectivity index (χ2n) is 9.69. The van der Waals surface area contributed by atoms with Crippen molar-refractivity contribution in [3.63, 3.8) is 0 Å². The van der Waals surface area contributed by atoms with E-state index in [4.69, 9.17) is 11.6 Å². The molecule has 13 heteroatoms. The van der Waals surface area contributed by atoms with E-state index in [1.54, 1.807) is 31.3 Å². The molecule has 1 aliphatic heterocycles. The average Bonchev–Trinajstić information content (AvgIpc) is 2.97. The van der Waals surface area contributed by atoms with Crippen LogP contribution in [0.25, 0.3) is 0 Å². The first-order valence-electron chi connectivity index (χ1n) is 12.9. The van der Waals surface area contributed by atoms with Crippen molar-refractivity contribution in [2.45, 2.75) is 17.4 Å². The Kier molecular flexibility index (Phi) is 9.59. The maximum Gasteiger partial charge on any atom is 0.332 e. The lowest BCUT2D eigenvalue weighted by Gasteiger charge is -2.34. The van der Waals surface area contributed by atoms with Crippen LogP contribution in [0.4, 0.5) is 9.57 Å². The molecule has 3 aromatic rings. The van der Waals surface area contributed by atoms with Crippen LogP contribution in [0.3, 0.4) is 0 Å². The van der Waals surface area contributed by atoms with Crippen LogP contribution in [0.15, 0.2) is 83.8 Å². The van der Waals surface area contributed by atoms with E-state index in [0.717, 1.165) is 17.7 Å². The van der Waals surface area contributed by atoms with Gasteiger partial charge in [-0.15, -0.1) is 3.89 Å². The Bertz CT molecular complexity index is 1590. The smallest absolute Gasteiger partial charge is 0.332 e. The van der Waals surface area contributed by atoms with Gasteiger partial charge in [0.1, 0.15) is 12.6 Å². The molecule has 0 spiro atoms. The number of halogens is 2. The topological polar surface area (TPSA) is 124 Å². The number of anilines is 1. The minimum atomic E-state index is -5.00. The van der Waals surface area contributed by atoms with Gasteiger partial charge in [0.05, 0.1) is 11.4 Å². The second kappa shape index (κ2) is 13.1. The van der Waals surface area contributed by atoms with Crippen molar-refractivity contribution < 1.29 is 31.5 Å². The normalized spacial score (nSPS) is 14.3. The van der Waals surface area contributed by atoms with Gasteiger partial charge < -0.3 is 20.0 Å². The van der Waals surface area contributed by atoms with Crippen molar-refractivity contribution in [3.8, 4) is 0 Å². The van der Waals surface area contributed by atoms with Gasteiger partial charge in [-0.05, 0) is 48.0 Å².